The van der Waals surface area contributed by atoms with Gasteiger partial charge in [0.05, 0.1) is 11.3 Å². The zero-order valence-corrected chi connectivity index (χ0v) is 10.5. The van der Waals surface area contributed by atoms with E-state index < -0.39 is 10.9 Å². The molecule has 6 nitrogen and oxygen atoms in total. The van der Waals surface area contributed by atoms with Crippen LogP contribution in [0.2, 0.25) is 0 Å². The van der Waals surface area contributed by atoms with E-state index in [0.717, 1.165) is 18.4 Å². The molecule has 0 radical (unpaired) electrons. The summed E-state index contributed by atoms with van der Waals surface area (Å²) in [6, 6.07) is 6.94. The third kappa shape index (κ3) is 4.03. The maximum absolute atomic E-state index is 10.7. The standard InChI is InChI=1S/C13H16N2O4/c16-13(17)6-7-14(11-4-5-11)9-10-2-1-3-12(8-10)15(18)19/h1-3,8,11H,4-7,9H2,(H,16,17). The van der Waals surface area contributed by atoms with E-state index in [1.807, 2.05) is 6.07 Å². The lowest BCUT2D eigenvalue weighted by Gasteiger charge is -2.21. The van der Waals surface area contributed by atoms with Gasteiger partial charge >= 0.3 is 5.97 Å². The first kappa shape index (κ1) is 13.5. The summed E-state index contributed by atoms with van der Waals surface area (Å²) >= 11 is 0. The monoisotopic (exact) mass is 264 g/mol. The Balaban J connectivity index is 2.02. The van der Waals surface area contributed by atoms with E-state index in [1.54, 1.807) is 12.1 Å². The fraction of sp³-hybridized carbons (Fsp3) is 0.462. The smallest absolute Gasteiger partial charge is 0.304 e. The lowest BCUT2D eigenvalue weighted by Crippen LogP contribution is -2.28. The fourth-order valence-electron chi connectivity index (χ4n) is 2.07. The number of hydrogen-bond acceptors (Lipinski definition) is 4. The van der Waals surface area contributed by atoms with Crippen molar-refractivity contribution in [2.24, 2.45) is 0 Å². The first-order valence-corrected chi connectivity index (χ1v) is 6.25. The molecule has 0 atom stereocenters. The molecule has 1 aromatic carbocycles. The summed E-state index contributed by atoms with van der Waals surface area (Å²) in [7, 11) is 0. The van der Waals surface area contributed by atoms with Crippen LogP contribution in [0, 0.1) is 10.1 Å². The van der Waals surface area contributed by atoms with Crippen molar-refractivity contribution in [3.8, 4) is 0 Å². The predicted octanol–water partition coefficient (Wildman–Crippen LogP) is 2.03. The van der Waals surface area contributed by atoms with Crippen molar-refractivity contribution in [1.29, 1.82) is 0 Å². The van der Waals surface area contributed by atoms with Crippen molar-refractivity contribution in [3.05, 3.63) is 39.9 Å². The third-order valence-corrected chi connectivity index (χ3v) is 3.18. The molecular weight excluding hydrogens is 248 g/mol. The second-order valence-electron chi connectivity index (χ2n) is 4.77. The Morgan fingerprint density at radius 1 is 1.47 bits per heavy atom. The minimum atomic E-state index is -0.815. The van der Waals surface area contributed by atoms with E-state index in [2.05, 4.69) is 4.90 Å². The molecule has 0 unspecified atom stereocenters. The number of carboxylic acids is 1. The molecule has 0 amide bonds. The summed E-state index contributed by atoms with van der Waals surface area (Å²) in [6.45, 7) is 1.06. The second-order valence-corrected chi connectivity index (χ2v) is 4.77. The van der Waals surface area contributed by atoms with E-state index in [1.165, 1.54) is 6.07 Å². The molecule has 2 rings (SSSR count). The zero-order valence-electron chi connectivity index (χ0n) is 10.5. The van der Waals surface area contributed by atoms with Gasteiger partial charge in [-0.05, 0) is 18.4 Å². The van der Waals surface area contributed by atoms with Gasteiger partial charge in [0.1, 0.15) is 0 Å². The largest absolute Gasteiger partial charge is 0.481 e. The molecule has 19 heavy (non-hydrogen) atoms. The number of benzene rings is 1. The van der Waals surface area contributed by atoms with Crippen molar-refractivity contribution in [2.75, 3.05) is 6.54 Å². The Labute approximate surface area is 110 Å². The van der Waals surface area contributed by atoms with Gasteiger partial charge in [0, 0.05) is 31.3 Å². The van der Waals surface area contributed by atoms with Gasteiger partial charge in [-0.25, -0.2) is 0 Å². The molecule has 6 heteroatoms. The molecule has 0 saturated heterocycles. The minimum absolute atomic E-state index is 0.0754. The van der Waals surface area contributed by atoms with Crippen LogP contribution in [0.5, 0.6) is 0 Å². The summed E-state index contributed by atoms with van der Waals surface area (Å²) in [4.78, 5) is 23.0. The maximum atomic E-state index is 10.7. The zero-order chi connectivity index (χ0) is 13.8. The van der Waals surface area contributed by atoms with Crippen LogP contribution < -0.4 is 0 Å². The van der Waals surface area contributed by atoms with Gasteiger partial charge in [-0.15, -0.1) is 0 Å². The van der Waals surface area contributed by atoms with Gasteiger partial charge in [-0.2, -0.15) is 0 Å². The summed E-state index contributed by atoms with van der Waals surface area (Å²) < 4.78 is 0. The number of nitro groups is 1. The molecule has 0 heterocycles. The van der Waals surface area contributed by atoms with E-state index in [-0.39, 0.29) is 12.1 Å². The van der Waals surface area contributed by atoms with Crippen molar-refractivity contribution in [3.63, 3.8) is 0 Å². The molecule has 1 aliphatic rings. The fourth-order valence-corrected chi connectivity index (χ4v) is 2.07. The van der Waals surface area contributed by atoms with Gasteiger partial charge in [0.2, 0.25) is 0 Å². The number of nitrogens with zero attached hydrogens (tertiary/aromatic N) is 2. The summed E-state index contributed by atoms with van der Waals surface area (Å²) in [5, 5.41) is 19.4. The Bertz CT molecular complexity index is 485. The van der Waals surface area contributed by atoms with Crippen LogP contribution in [0.1, 0.15) is 24.8 Å². The molecule has 0 aromatic heterocycles. The van der Waals surface area contributed by atoms with Gasteiger partial charge in [-0.3, -0.25) is 19.8 Å². The van der Waals surface area contributed by atoms with Crippen molar-refractivity contribution >= 4 is 11.7 Å². The topological polar surface area (TPSA) is 83.7 Å². The van der Waals surface area contributed by atoms with Crippen LogP contribution in [0.15, 0.2) is 24.3 Å². The Hall–Kier alpha value is -1.95. The molecule has 0 aliphatic heterocycles. The highest BCUT2D eigenvalue weighted by molar-refractivity contribution is 5.66. The van der Waals surface area contributed by atoms with E-state index >= 15 is 0 Å². The number of non-ortho nitro benzene ring substituents is 1. The average Bonchev–Trinajstić information content (AvgIpc) is 3.18. The molecule has 0 spiro atoms. The average molecular weight is 264 g/mol. The number of nitro benzene ring substituents is 1. The number of rotatable bonds is 7. The lowest BCUT2D eigenvalue weighted by atomic mass is 10.2. The van der Waals surface area contributed by atoms with E-state index in [0.29, 0.717) is 19.1 Å². The molecule has 1 saturated carbocycles. The summed E-state index contributed by atoms with van der Waals surface area (Å²) in [6.07, 6.45) is 2.26. The number of carbonyl (C=O) groups is 1. The Morgan fingerprint density at radius 3 is 2.79 bits per heavy atom. The van der Waals surface area contributed by atoms with Crippen molar-refractivity contribution < 1.29 is 14.8 Å². The third-order valence-electron chi connectivity index (χ3n) is 3.18. The molecule has 1 aliphatic carbocycles. The van der Waals surface area contributed by atoms with E-state index in [4.69, 9.17) is 5.11 Å². The van der Waals surface area contributed by atoms with Gasteiger partial charge in [0.15, 0.2) is 0 Å². The summed E-state index contributed by atoms with van der Waals surface area (Å²) in [5.74, 6) is -0.815. The quantitative estimate of drug-likeness (QED) is 0.601. The maximum Gasteiger partial charge on any atom is 0.304 e. The molecule has 0 bridgehead atoms. The van der Waals surface area contributed by atoms with Crippen LogP contribution in [0.4, 0.5) is 5.69 Å². The SMILES string of the molecule is O=C(O)CCN(Cc1cccc([N+](=O)[O-])c1)C1CC1. The van der Waals surface area contributed by atoms with Crippen molar-refractivity contribution in [1.82, 2.24) is 4.90 Å². The first-order chi connectivity index (χ1) is 9.06. The second kappa shape index (κ2) is 5.79. The highest BCUT2D eigenvalue weighted by Gasteiger charge is 2.29. The minimum Gasteiger partial charge on any atom is -0.481 e. The Kier molecular flexibility index (Phi) is 4.11. The van der Waals surface area contributed by atoms with Crippen LogP contribution in [0.3, 0.4) is 0 Å². The van der Waals surface area contributed by atoms with Gasteiger partial charge in [-0.1, -0.05) is 12.1 Å². The van der Waals surface area contributed by atoms with Crippen LogP contribution in [-0.2, 0) is 11.3 Å². The highest BCUT2D eigenvalue weighted by Crippen LogP contribution is 2.28. The van der Waals surface area contributed by atoms with Crippen LogP contribution in [0.25, 0.3) is 0 Å². The van der Waals surface area contributed by atoms with Gasteiger partial charge < -0.3 is 5.11 Å². The number of carboxylic acid groups (broad SMARTS) is 1. The number of hydrogen-bond donors (Lipinski definition) is 1. The lowest BCUT2D eigenvalue weighted by molar-refractivity contribution is -0.384. The van der Waals surface area contributed by atoms with Crippen LogP contribution >= 0.6 is 0 Å². The molecule has 1 fully saturated rings. The molecular formula is C13H16N2O4. The first-order valence-electron chi connectivity index (χ1n) is 6.25. The van der Waals surface area contributed by atoms with Crippen LogP contribution in [-0.4, -0.2) is 33.5 Å². The van der Waals surface area contributed by atoms with Gasteiger partial charge in [0.25, 0.3) is 5.69 Å². The number of aliphatic carboxylic acids is 1. The Morgan fingerprint density at radius 2 is 2.21 bits per heavy atom. The predicted molar refractivity (Wildman–Crippen MR) is 68.8 cm³/mol. The van der Waals surface area contributed by atoms with E-state index in [9.17, 15) is 14.9 Å². The molecule has 1 N–H and O–H groups in total. The molecule has 1 aromatic rings. The normalized spacial score (nSPS) is 14.6. The summed E-state index contributed by atoms with van der Waals surface area (Å²) in [5.41, 5.74) is 0.929. The molecule has 102 valence electrons. The highest BCUT2D eigenvalue weighted by atomic mass is 16.6. The van der Waals surface area contributed by atoms with Crippen molar-refractivity contribution in [2.45, 2.75) is 31.8 Å².